The first-order valence-electron chi connectivity index (χ1n) is 8.62. The zero-order chi connectivity index (χ0) is 18.3. The highest BCUT2D eigenvalue weighted by molar-refractivity contribution is 7.92. The van der Waals surface area contributed by atoms with E-state index in [1.165, 1.54) is 0 Å². The lowest BCUT2D eigenvalue weighted by Crippen LogP contribution is -2.16. The Morgan fingerprint density at radius 2 is 1.96 bits per heavy atom. The van der Waals surface area contributed by atoms with Crippen molar-refractivity contribution in [3.63, 3.8) is 0 Å². The lowest BCUT2D eigenvalue weighted by Gasteiger charge is -2.13. The molecule has 1 aliphatic carbocycles. The molecule has 2 N–H and O–H groups in total. The van der Waals surface area contributed by atoms with E-state index in [-0.39, 0.29) is 16.7 Å². The van der Waals surface area contributed by atoms with Gasteiger partial charge in [-0.2, -0.15) is 0 Å². The van der Waals surface area contributed by atoms with Gasteiger partial charge in [-0.1, -0.05) is 6.07 Å². The molecule has 1 saturated carbocycles. The van der Waals surface area contributed by atoms with Crippen molar-refractivity contribution in [3.8, 4) is 5.75 Å². The monoisotopic (exact) mass is 372 g/mol. The average molecular weight is 372 g/mol. The average Bonchev–Trinajstić information content (AvgIpc) is 3.35. The van der Waals surface area contributed by atoms with E-state index in [4.69, 9.17) is 4.74 Å². The van der Waals surface area contributed by atoms with Crippen LogP contribution >= 0.6 is 0 Å². The van der Waals surface area contributed by atoms with Crippen LogP contribution in [0, 0.1) is 12.8 Å². The first-order chi connectivity index (χ1) is 12.4. The minimum atomic E-state index is -3.72. The number of amides is 1. The van der Waals surface area contributed by atoms with E-state index >= 15 is 0 Å². The maximum atomic E-state index is 12.8. The highest BCUT2D eigenvalue weighted by atomic mass is 32.2. The first-order valence-corrected chi connectivity index (χ1v) is 10.1. The van der Waals surface area contributed by atoms with Gasteiger partial charge in [0.15, 0.2) is 0 Å². The Bertz CT molecular complexity index is 981. The third kappa shape index (κ3) is 3.39. The summed E-state index contributed by atoms with van der Waals surface area (Å²) in [4.78, 5) is 12.1. The molecule has 2 aromatic rings. The number of sulfonamides is 1. The van der Waals surface area contributed by atoms with Crippen molar-refractivity contribution in [1.82, 2.24) is 0 Å². The largest absolute Gasteiger partial charge is 0.493 e. The predicted octanol–water partition coefficient (Wildman–Crippen LogP) is 3.08. The van der Waals surface area contributed by atoms with Crippen LogP contribution in [0.4, 0.5) is 11.4 Å². The Balaban J connectivity index is 1.58. The molecule has 4 rings (SSSR count). The van der Waals surface area contributed by atoms with Gasteiger partial charge in [-0.3, -0.25) is 9.52 Å². The van der Waals surface area contributed by atoms with Gasteiger partial charge in [-0.15, -0.1) is 0 Å². The predicted molar refractivity (Wildman–Crippen MR) is 99.0 cm³/mol. The molecule has 26 heavy (non-hydrogen) atoms. The quantitative estimate of drug-likeness (QED) is 0.845. The minimum Gasteiger partial charge on any atom is -0.493 e. The van der Waals surface area contributed by atoms with Crippen LogP contribution in [0.25, 0.3) is 0 Å². The number of benzene rings is 2. The van der Waals surface area contributed by atoms with Gasteiger partial charge in [0.25, 0.3) is 10.0 Å². The maximum Gasteiger partial charge on any atom is 0.261 e. The van der Waals surface area contributed by atoms with Gasteiger partial charge in [0, 0.05) is 18.0 Å². The highest BCUT2D eigenvalue weighted by Gasteiger charge is 2.29. The molecule has 0 radical (unpaired) electrons. The van der Waals surface area contributed by atoms with E-state index in [1.54, 1.807) is 36.4 Å². The molecule has 1 fully saturated rings. The van der Waals surface area contributed by atoms with Crippen molar-refractivity contribution in [1.29, 1.82) is 0 Å². The Labute approximate surface area is 152 Å². The van der Waals surface area contributed by atoms with E-state index in [2.05, 4.69) is 10.0 Å². The van der Waals surface area contributed by atoms with Gasteiger partial charge in [-0.05, 0) is 61.2 Å². The molecule has 1 amide bonds. The summed E-state index contributed by atoms with van der Waals surface area (Å²) in [6.07, 6.45) is 2.54. The molecule has 2 aromatic carbocycles. The molecule has 0 unspecified atom stereocenters. The van der Waals surface area contributed by atoms with Crippen molar-refractivity contribution in [2.75, 3.05) is 16.6 Å². The van der Waals surface area contributed by atoms with Crippen LogP contribution in [0.3, 0.4) is 0 Å². The number of ether oxygens (including phenoxy) is 1. The second-order valence-corrected chi connectivity index (χ2v) is 8.45. The molecule has 136 valence electrons. The maximum absolute atomic E-state index is 12.8. The normalized spacial score (nSPS) is 15.9. The minimum absolute atomic E-state index is 0.0127. The summed E-state index contributed by atoms with van der Waals surface area (Å²) in [6.45, 7) is 2.40. The van der Waals surface area contributed by atoms with Crippen LogP contribution in [0.5, 0.6) is 5.75 Å². The van der Waals surface area contributed by atoms with Crippen molar-refractivity contribution in [2.45, 2.75) is 31.1 Å². The number of hydrogen-bond donors (Lipinski definition) is 2. The Morgan fingerprint density at radius 1 is 1.15 bits per heavy atom. The van der Waals surface area contributed by atoms with E-state index in [0.717, 1.165) is 29.7 Å². The molecule has 0 bridgehead atoms. The van der Waals surface area contributed by atoms with E-state index in [0.29, 0.717) is 24.4 Å². The third-order valence-corrected chi connectivity index (χ3v) is 6.03. The summed E-state index contributed by atoms with van der Waals surface area (Å²) in [5.74, 6) is 0.816. The van der Waals surface area contributed by atoms with Crippen molar-refractivity contribution in [3.05, 3.63) is 47.5 Å². The number of fused-ring (bicyclic) bond motifs is 1. The fraction of sp³-hybridized carbons (Fsp3) is 0.316. The van der Waals surface area contributed by atoms with E-state index < -0.39 is 10.0 Å². The zero-order valence-corrected chi connectivity index (χ0v) is 15.2. The second kappa shape index (κ2) is 6.32. The van der Waals surface area contributed by atoms with Crippen LogP contribution < -0.4 is 14.8 Å². The topological polar surface area (TPSA) is 84.5 Å². The molecule has 0 atom stereocenters. The molecule has 0 saturated heterocycles. The number of nitrogens with one attached hydrogen (secondary N) is 2. The van der Waals surface area contributed by atoms with Crippen molar-refractivity contribution in [2.24, 2.45) is 5.92 Å². The Hall–Kier alpha value is -2.54. The molecule has 1 heterocycles. The number of hydrogen-bond acceptors (Lipinski definition) is 4. The van der Waals surface area contributed by atoms with Crippen LogP contribution in [-0.4, -0.2) is 20.9 Å². The lowest BCUT2D eigenvalue weighted by molar-refractivity contribution is -0.117. The van der Waals surface area contributed by atoms with Gasteiger partial charge in [-0.25, -0.2) is 8.42 Å². The smallest absolute Gasteiger partial charge is 0.261 e. The lowest BCUT2D eigenvalue weighted by atomic mass is 10.2. The third-order valence-electron chi connectivity index (χ3n) is 4.67. The number of aryl methyl sites for hydroxylation is 1. The van der Waals surface area contributed by atoms with Gasteiger partial charge < -0.3 is 10.1 Å². The number of rotatable bonds is 5. The van der Waals surface area contributed by atoms with Crippen LogP contribution in [0.1, 0.15) is 24.0 Å². The van der Waals surface area contributed by atoms with Gasteiger partial charge in [0.2, 0.25) is 5.91 Å². The Kier molecular flexibility index (Phi) is 4.11. The summed E-state index contributed by atoms with van der Waals surface area (Å²) in [6, 6.07) is 10.1. The molecule has 2 aliphatic rings. The van der Waals surface area contributed by atoms with Crippen LogP contribution in [0.15, 0.2) is 41.3 Å². The fourth-order valence-electron chi connectivity index (χ4n) is 2.93. The van der Waals surface area contributed by atoms with Crippen LogP contribution in [0.2, 0.25) is 0 Å². The second-order valence-electron chi connectivity index (χ2n) is 6.77. The highest BCUT2D eigenvalue weighted by Crippen LogP contribution is 2.32. The molecular formula is C19H20N2O4S. The van der Waals surface area contributed by atoms with Crippen molar-refractivity contribution >= 4 is 27.3 Å². The number of anilines is 2. The summed E-state index contributed by atoms with van der Waals surface area (Å²) >= 11 is 0. The fourth-order valence-corrected chi connectivity index (χ4v) is 4.11. The van der Waals surface area contributed by atoms with Crippen LogP contribution in [-0.2, 0) is 21.2 Å². The molecule has 6 nitrogen and oxygen atoms in total. The van der Waals surface area contributed by atoms with Crippen molar-refractivity contribution < 1.29 is 17.9 Å². The molecule has 1 aliphatic heterocycles. The standard InChI is InChI=1S/C19H20N2O4S/c1-12-2-5-15(20-19(22)13-3-4-13)11-17(12)21-26(23,24)16-6-7-18-14(10-16)8-9-25-18/h2,5-7,10-11,13,21H,3-4,8-9H2,1H3,(H,20,22). The molecule has 0 spiro atoms. The summed E-state index contributed by atoms with van der Waals surface area (Å²) in [7, 11) is -3.72. The van der Waals surface area contributed by atoms with Gasteiger partial charge in [0.05, 0.1) is 17.2 Å². The number of carbonyl (C=O) groups excluding carboxylic acids is 1. The summed E-state index contributed by atoms with van der Waals surface area (Å²) in [5, 5.41) is 2.84. The SMILES string of the molecule is Cc1ccc(NC(=O)C2CC2)cc1NS(=O)(=O)c1ccc2c(c1)CCO2. The number of carbonyl (C=O) groups is 1. The zero-order valence-electron chi connectivity index (χ0n) is 14.4. The Morgan fingerprint density at radius 3 is 2.73 bits per heavy atom. The molecule has 0 aromatic heterocycles. The van der Waals surface area contributed by atoms with E-state index in [1.807, 2.05) is 6.92 Å². The van der Waals surface area contributed by atoms with Gasteiger partial charge >= 0.3 is 0 Å². The summed E-state index contributed by atoms with van der Waals surface area (Å²) < 4.78 is 33.6. The summed E-state index contributed by atoms with van der Waals surface area (Å²) in [5.41, 5.74) is 2.72. The molecular weight excluding hydrogens is 352 g/mol. The van der Waals surface area contributed by atoms with Gasteiger partial charge in [0.1, 0.15) is 5.75 Å². The molecule has 7 heteroatoms. The first kappa shape index (κ1) is 16.9. The van der Waals surface area contributed by atoms with E-state index in [9.17, 15) is 13.2 Å².